The summed E-state index contributed by atoms with van der Waals surface area (Å²) >= 11 is 0. The zero-order chi connectivity index (χ0) is 10.5. The summed E-state index contributed by atoms with van der Waals surface area (Å²) in [4.78, 5) is 11.5. The van der Waals surface area contributed by atoms with Crippen LogP contribution in [-0.4, -0.2) is 24.2 Å². The van der Waals surface area contributed by atoms with Gasteiger partial charge in [0.2, 0.25) is 0 Å². The van der Waals surface area contributed by atoms with Gasteiger partial charge in [0.1, 0.15) is 11.6 Å². The van der Waals surface area contributed by atoms with E-state index in [-0.39, 0.29) is 17.6 Å². The van der Waals surface area contributed by atoms with E-state index < -0.39 is 0 Å². The average Bonchev–Trinajstić information content (AvgIpc) is 1.96. The lowest BCUT2D eigenvalue weighted by atomic mass is 10.1. The van der Waals surface area contributed by atoms with Gasteiger partial charge < -0.3 is 10.1 Å². The van der Waals surface area contributed by atoms with Gasteiger partial charge in [0.05, 0.1) is 0 Å². The molecule has 0 aliphatic heterocycles. The lowest BCUT2D eigenvalue weighted by molar-refractivity contribution is -0.157. The Hall–Kier alpha value is -0.570. The van der Waals surface area contributed by atoms with Gasteiger partial charge in [-0.15, -0.1) is 0 Å². The van der Waals surface area contributed by atoms with E-state index >= 15 is 0 Å². The molecule has 0 saturated carbocycles. The third-order valence-electron chi connectivity index (χ3n) is 1.55. The van der Waals surface area contributed by atoms with Crippen molar-refractivity contribution in [1.29, 1.82) is 0 Å². The van der Waals surface area contributed by atoms with Crippen molar-refractivity contribution >= 4 is 5.97 Å². The summed E-state index contributed by atoms with van der Waals surface area (Å²) in [6.07, 6.45) is 0.767. The van der Waals surface area contributed by atoms with Gasteiger partial charge in [0, 0.05) is 0 Å². The van der Waals surface area contributed by atoms with Gasteiger partial charge in [-0.2, -0.15) is 0 Å². The zero-order valence-electron chi connectivity index (χ0n) is 9.31. The summed E-state index contributed by atoms with van der Waals surface area (Å²) in [5.41, 5.74) is -0.389. The molecular formula is C10H21NO2. The predicted octanol–water partition coefficient (Wildman–Crippen LogP) is 1.72. The third-order valence-corrected chi connectivity index (χ3v) is 1.55. The van der Waals surface area contributed by atoms with Gasteiger partial charge in [-0.3, -0.25) is 4.79 Å². The van der Waals surface area contributed by atoms with Crippen LogP contribution in [0.3, 0.4) is 0 Å². The molecule has 3 heteroatoms. The molecule has 13 heavy (non-hydrogen) atoms. The Labute approximate surface area is 80.8 Å². The van der Waals surface area contributed by atoms with E-state index in [1.54, 1.807) is 0 Å². The van der Waals surface area contributed by atoms with E-state index in [0.29, 0.717) is 0 Å². The highest BCUT2D eigenvalue weighted by Crippen LogP contribution is 2.09. The molecule has 0 fully saturated rings. The minimum Gasteiger partial charge on any atom is -0.459 e. The van der Waals surface area contributed by atoms with Crippen LogP contribution in [0.15, 0.2) is 0 Å². The fourth-order valence-corrected chi connectivity index (χ4v) is 1.01. The lowest BCUT2D eigenvalue weighted by Crippen LogP contribution is -2.40. The highest BCUT2D eigenvalue weighted by molar-refractivity contribution is 5.76. The Morgan fingerprint density at radius 3 is 2.23 bits per heavy atom. The molecule has 0 bridgehead atoms. The molecule has 1 N–H and O–H groups in total. The molecule has 3 nitrogen and oxygen atoms in total. The largest absolute Gasteiger partial charge is 0.459 e. The second kappa shape index (κ2) is 5.22. The summed E-state index contributed by atoms with van der Waals surface area (Å²) in [5.74, 6) is -0.156. The number of carbonyl (C=O) groups excluding carboxylic acids is 1. The minimum absolute atomic E-state index is 0.156. The Morgan fingerprint density at radius 1 is 1.38 bits per heavy atom. The number of ether oxygens (including phenoxy) is 1. The van der Waals surface area contributed by atoms with Gasteiger partial charge in [0.25, 0.3) is 0 Å². The van der Waals surface area contributed by atoms with Crippen molar-refractivity contribution in [3.05, 3.63) is 0 Å². The molecule has 0 saturated heterocycles. The van der Waals surface area contributed by atoms with Crippen LogP contribution >= 0.6 is 0 Å². The molecule has 0 aliphatic carbocycles. The fraction of sp³-hybridized carbons (Fsp3) is 0.900. The average molecular weight is 187 g/mol. The smallest absolute Gasteiger partial charge is 0.323 e. The molecule has 0 radical (unpaired) electrons. The van der Waals surface area contributed by atoms with E-state index in [1.165, 1.54) is 0 Å². The number of nitrogens with one attached hydrogen (secondary N) is 1. The first-order valence-corrected chi connectivity index (χ1v) is 4.87. The van der Waals surface area contributed by atoms with Crippen molar-refractivity contribution in [3.63, 3.8) is 0 Å². The Balaban J connectivity index is 4.06. The molecule has 1 atom stereocenters. The minimum atomic E-state index is -0.389. The maximum atomic E-state index is 11.5. The molecule has 78 valence electrons. The Bertz CT molecular complexity index is 161. The van der Waals surface area contributed by atoms with Crippen LogP contribution in [0.25, 0.3) is 0 Å². The summed E-state index contributed by atoms with van der Waals surface area (Å²) in [6, 6.07) is -0.163. The van der Waals surface area contributed by atoms with Gasteiger partial charge in [-0.05, 0) is 33.7 Å². The number of carbonyl (C=O) groups is 1. The Morgan fingerprint density at radius 2 is 1.92 bits per heavy atom. The summed E-state index contributed by atoms with van der Waals surface area (Å²) in [7, 11) is 0. The maximum absolute atomic E-state index is 11.5. The molecule has 0 rings (SSSR count). The first-order chi connectivity index (χ1) is 5.90. The molecule has 1 unspecified atom stereocenters. The van der Waals surface area contributed by atoms with E-state index in [4.69, 9.17) is 4.74 Å². The van der Waals surface area contributed by atoms with E-state index in [2.05, 4.69) is 5.32 Å². The molecular weight excluding hydrogens is 166 g/mol. The third kappa shape index (κ3) is 5.64. The van der Waals surface area contributed by atoms with Crippen molar-refractivity contribution in [2.24, 2.45) is 0 Å². The quantitative estimate of drug-likeness (QED) is 0.681. The maximum Gasteiger partial charge on any atom is 0.323 e. The molecule has 0 aromatic heterocycles. The van der Waals surface area contributed by atoms with Crippen molar-refractivity contribution in [1.82, 2.24) is 5.32 Å². The van der Waals surface area contributed by atoms with Gasteiger partial charge in [-0.25, -0.2) is 0 Å². The van der Waals surface area contributed by atoms with Gasteiger partial charge in [-0.1, -0.05) is 13.8 Å². The number of esters is 1. The van der Waals surface area contributed by atoms with Crippen LogP contribution in [0, 0.1) is 0 Å². The first kappa shape index (κ1) is 12.4. The normalized spacial score (nSPS) is 13.9. The molecule has 0 aromatic carbocycles. The van der Waals surface area contributed by atoms with Crippen molar-refractivity contribution in [3.8, 4) is 0 Å². The molecule has 0 aliphatic rings. The van der Waals surface area contributed by atoms with Crippen LogP contribution in [0.5, 0.6) is 0 Å². The molecule has 0 heterocycles. The molecule has 0 amide bonds. The van der Waals surface area contributed by atoms with Crippen LogP contribution < -0.4 is 5.32 Å². The number of hydrogen-bond donors (Lipinski definition) is 1. The van der Waals surface area contributed by atoms with Crippen molar-refractivity contribution in [2.75, 3.05) is 6.54 Å². The Kier molecular flexibility index (Phi) is 4.99. The summed E-state index contributed by atoms with van der Waals surface area (Å²) in [6.45, 7) is 10.4. The van der Waals surface area contributed by atoms with Crippen LogP contribution in [0.2, 0.25) is 0 Å². The monoisotopic (exact) mass is 187 g/mol. The number of rotatable bonds is 4. The number of likely N-dealkylation sites (N-methyl/N-ethyl adjacent to an activating group) is 1. The second-order valence-electron chi connectivity index (χ2n) is 4.05. The van der Waals surface area contributed by atoms with Gasteiger partial charge in [0.15, 0.2) is 0 Å². The zero-order valence-corrected chi connectivity index (χ0v) is 9.31. The fourth-order valence-electron chi connectivity index (χ4n) is 1.01. The summed E-state index contributed by atoms with van der Waals surface area (Å²) < 4.78 is 5.24. The first-order valence-electron chi connectivity index (χ1n) is 4.87. The topological polar surface area (TPSA) is 38.3 Å². The highest BCUT2D eigenvalue weighted by Gasteiger charge is 2.22. The lowest BCUT2D eigenvalue weighted by Gasteiger charge is -2.23. The van der Waals surface area contributed by atoms with E-state index in [1.807, 2.05) is 34.6 Å². The van der Waals surface area contributed by atoms with Gasteiger partial charge >= 0.3 is 5.97 Å². The SMILES string of the molecule is CCNC(CC)C(=O)OC(C)(C)C. The van der Waals surface area contributed by atoms with Crippen LogP contribution in [0.1, 0.15) is 41.0 Å². The van der Waals surface area contributed by atoms with Crippen LogP contribution in [-0.2, 0) is 9.53 Å². The highest BCUT2D eigenvalue weighted by atomic mass is 16.6. The predicted molar refractivity (Wildman–Crippen MR) is 53.6 cm³/mol. The standard InChI is InChI=1S/C10H21NO2/c1-6-8(11-7-2)9(12)13-10(3,4)5/h8,11H,6-7H2,1-5H3. The van der Waals surface area contributed by atoms with Crippen molar-refractivity contribution in [2.45, 2.75) is 52.7 Å². The molecule has 0 spiro atoms. The van der Waals surface area contributed by atoms with Crippen molar-refractivity contribution < 1.29 is 9.53 Å². The van der Waals surface area contributed by atoms with E-state index in [9.17, 15) is 4.79 Å². The summed E-state index contributed by atoms with van der Waals surface area (Å²) in [5, 5.41) is 3.08. The van der Waals surface area contributed by atoms with E-state index in [0.717, 1.165) is 13.0 Å². The second-order valence-corrected chi connectivity index (χ2v) is 4.05. The molecule has 0 aromatic rings. The van der Waals surface area contributed by atoms with Crippen LogP contribution in [0.4, 0.5) is 0 Å². The number of hydrogen-bond acceptors (Lipinski definition) is 3.